The molecular weight excluding hydrogens is 779 g/mol. The van der Waals surface area contributed by atoms with Crippen molar-refractivity contribution in [2.75, 3.05) is 4.90 Å². The van der Waals surface area contributed by atoms with Gasteiger partial charge in [-0.05, 0) is 134 Å². The topological polar surface area (TPSA) is 29.5 Å². The van der Waals surface area contributed by atoms with E-state index in [1.807, 2.05) is 30.4 Å². The first kappa shape index (κ1) is 38.8. The van der Waals surface area contributed by atoms with Crippen molar-refractivity contribution in [2.45, 2.75) is 19.3 Å². The maximum atomic E-state index is 6.38. The average Bonchev–Trinajstić information content (AvgIpc) is 3.96. The van der Waals surface area contributed by atoms with E-state index in [4.69, 9.17) is 8.83 Å². The fourth-order valence-corrected chi connectivity index (χ4v) is 9.74. The molecule has 0 atom stereocenters. The van der Waals surface area contributed by atoms with Gasteiger partial charge in [-0.15, -0.1) is 0 Å². The quantitative estimate of drug-likeness (QED) is 0.129. The number of allylic oxidation sites excluding steroid dienone is 7. The molecule has 0 radical (unpaired) electrons. The smallest absolute Gasteiger partial charge is 0.136 e. The molecule has 306 valence electrons. The van der Waals surface area contributed by atoms with Crippen LogP contribution in [0.15, 0.2) is 234 Å². The predicted molar refractivity (Wildman–Crippen MR) is 271 cm³/mol. The Morgan fingerprint density at radius 2 is 1.23 bits per heavy atom. The molecule has 3 nitrogen and oxygen atoms in total. The summed E-state index contributed by atoms with van der Waals surface area (Å²) in [7, 11) is 0. The molecule has 10 aromatic rings. The molecule has 11 rings (SSSR count). The van der Waals surface area contributed by atoms with Crippen LogP contribution in [0.1, 0.15) is 36.1 Å². The van der Waals surface area contributed by atoms with Gasteiger partial charge >= 0.3 is 0 Å². The highest BCUT2D eigenvalue weighted by atomic mass is 16.3. The lowest BCUT2D eigenvalue weighted by Gasteiger charge is -2.25. The fourth-order valence-electron chi connectivity index (χ4n) is 9.74. The van der Waals surface area contributed by atoms with Crippen LogP contribution >= 0.6 is 0 Å². The zero-order valence-corrected chi connectivity index (χ0v) is 35.9. The summed E-state index contributed by atoms with van der Waals surface area (Å²) < 4.78 is 12.5. The lowest BCUT2D eigenvalue weighted by Crippen LogP contribution is -2.17. The van der Waals surface area contributed by atoms with Crippen molar-refractivity contribution >= 4 is 72.0 Å². The van der Waals surface area contributed by atoms with E-state index in [9.17, 15) is 0 Å². The molecule has 0 saturated heterocycles. The van der Waals surface area contributed by atoms with Gasteiger partial charge in [-0.2, -0.15) is 0 Å². The van der Waals surface area contributed by atoms with E-state index in [0.717, 1.165) is 82.9 Å². The third-order valence-corrected chi connectivity index (χ3v) is 12.8. The number of para-hydroxylation sites is 1. The van der Waals surface area contributed by atoms with Crippen molar-refractivity contribution in [3.05, 3.63) is 248 Å². The Morgan fingerprint density at radius 3 is 2.06 bits per heavy atom. The predicted octanol–water partition coefficient (Wildman–Crippen LogP) is 17.0. The monoisotopic (exact) mass is 823 g/mol. The third kappa shape index (κ3) is 6.61. The number of hydrogen-bond donors (Lipinski definition) is 0. The minimum absolute atomic E-state index is 0.155. The molecular formula is C61H45NO2. The second-order valence-corrected chi connectivity index (χ2v) is 17.0. The van der Waals surface area contributed by atoms with Crippen LogP contribution in [0.2, 0.25) is 0 Å². The van der Waals surface area contributed by atoms with Crippen molar-refractivity contribution in [1.29, 1.82) is 0 Å². The molecule has 0 spiro atoms. The van der Waals surface area contributed by atoms with E-state index in [1.165, 1.54) is 33.2 Å². The molecule has 0 aliphatic heterocycles. The van der Waals surface area contributed by atoms with Crippen molar-refractivity contribution in [3.63, 3.8) is 0 Å². The van der Waals surface area contributed by atoms with Crippen LogP contribution < -0.4 is 4.90 Å². The van der Waals surface area contributed by atoms with Crippen LogP contribution in [0.5, 0.6) is 0 Å². The summed E-state index contributed by atoms with van der Waals surface area (Å²) >= 11 is 0. The molecule has 3 heteroatoms. The number of nitrogens with zero attached hydrogens (tertiary/aromatic N) is 1. The van der Waals surface area contributed by atoms with E-state index >= 15 is 0 Å². The molecule has 1 aliphatic carbocycles. The maximum Gasteiger partial charge on any atom is 0.136 e. The molecule has 64 heavy (non-hydrogen) atoms. The summed E-state index contributed by atoms with van der Waals surface area (Å²) in [5.41, 5.74) is 16.1. The molecule has 8 aromatic carbocycles. The van der Waals surface area contributed by atoms with E-state index < -0.39 is 0 Å². The third-order valence-electron chi connectivity index (χ3n) is 12.8. The number of fused-ring (bicyclic) bond motifs is 10. The highest BCUT2D eigenvalue weighted by Crippen LogP contribution is 2.51. The Balaban J connectivity index is 1.02. The van der Waals surface area contributed by atoms with E-state index in [0.29, 0.717) is 0 Å². The Labute approximate surface area is 373 Å². The number of furan rings is 2. The highest BCUT2D eigenvalue weighted by Gasteiger charge is 2.37. The van der Waals surface area contributed by atoms with Crippen molar-refractivity contribution in [2.24, 2.45) is 0 Å². The molecule has 1 aliphatic rings. The summed E-state index contributed by atoms with van der Waals surface area (Å²) in [4.78, 5) is 2.23. The maximum absolute atomic E-state index is 6.38. The minimum atomic E-state index is -0.155. The van der Waals surface area contributed by atoms with Crippen LogP contribution in [0.4, 0.5) is 5.69 Å². The van der Waals surface area contributed by atoms with Gasteiger partial charge in [0.25, 0.3) is 0 Å². The van der Waals surface area contributed by atoms with Crippen molar-refractivity contribution in [3.8, 4) is 22.3 Å². The molecule has 0 amide bonds. The van der Waals surface area contributed by atoms with Gasteiger partial charge in [0, 0.05) is 44.5 Å². The van der Waals surface area contributed by atoms with Gasteiger partial charge in [0.15, 0.2) is 0 Å². The first-order chi connectivity index (χ1) is 31.4. The van der Waals surface area contributed by atoms with E-state index in [2.05, 4.69) is 214 Å². The second kappa shape index (κ2) is 15.6. The fraction of sp³-hybridized carbons (Fsp3) is 0.0492. The first-order valence-electron chi connectivity index (χ1n) is 21.8. The van der Waals surface area contributed by atoms with Gasteiger partial charge in [-0.3, -0.25) is 0 Å². The van der Waals surface area contributed by atoms with Crippen LogP contribution in [0.3, 0.4) is 0 Å². The molecule has 2 heterocycles. The largest absolute Gasteiger partial charge is 0.456 e. The zero-order valence-electron chi connectivity index (χ0n) is 35.9. The Kier molecular flexibility index (Phi) is 9.47. The molecule has 0 N–H and O–H groups in total. The number of rotatable bonds is 10. The highest BCUT2D eigenvalue weighted by molar-refractivity contribution is 6.10. The van der Waals surface area contributed by atoms with E-state index in [1.54, 1.807) is 0 Å². The minimum Gasteiger partial charge on any atom is -0.456 e. The van der Waals surface area contributed by atoms with Crippen LogP contribution in [0, 0.1) is 0 Å². The normalized spacial score (nSPS) is 13.8. The number of benzene rings is 8. The molecule has 0 unspecified atom stereocenters. The molecule has 0 bridgehead atoms. The van der Waals surface area contributed by atoms with Gasteiger partial charge in [0.2, 0.25) is 0 Å². The van der Waals surface area contributed by atoms with Crippen molar-refractivity contribution < 1.29 is 8.83 Å². The van der Waals surface area contributed by atoms with Crippen molar-refractivity contribution in [1.82, 2.24) is 0 Å². The van der Waals surface area contributed by atoms with Gasteiger partial charge in [0.05, 0.1) is 0 Å². The molecule has 0 saturated carbocycles. The van der Waals surface area contributed by atoms with Crippen LogP contribution in [0.25, 0.3) is 88.6 Å². The molecule has 2 aromatic heterocycles. The van der Waals surface area contributed by atoms with Crippen LogP contribution in [-0.2, 0) is 5.41 Å². The summed E-state index contributed by atoms with van der Waals surface area (Å²) in [6, 6.07) is 58.0. The number of anilines is 1. The van der Waals surface area contributed by atoms with Gasteiger partial charge < -0.3 is 13.7 Å². The Morgan fingerprint density at radius 1 is 0.562 bits per heavy atom. The Hall–Kier alpha value is -8.14. The van der Waals surface area contributed by atoms with Gasteiger partial charge in [-0.1, -0.05) is 161 Å². The summed E-state index contributed by atoms with van der Waals surface area (Å²) in [6.07, 6.45) is 16.6. The Bertz CT molecular complexity index is 3620. The van der Waals surface area contributed by atoms with Crippen LogP contribution in [-0.4, -0.2) is 0 Å². The zero-order chi connectivity index (χ0) is 43.4. The lowest BCUT2D eigenvalue weighted by atomic mass is 9.78. The SMILES string of the molecule is C=C/C=C\C(=C\c1ccc2oc3cc4ccccc4cc3c2c1)N(/C=C/C=C(\C=C)c1cccc2c1C(C)(C)c1ccccc1-2)c1ccc(-c2ccc3oc4ccccc4c3c2)cc1. The molecule has 0 fully saturated rings. The summed E-state index contributed by atoms with van der Waals surface area (Å²) in [5, 5.41) is 6.75. The summed E-state index contributed by atoms with van der Waals surface area (Å²) in [5.74, 6) is 0. The lowest BCUT2D eigenvalue weighted by molar-refractivity contribution is 0.658. The average molecular weight is 824 g/mol. The van der Waals surface area contributed by atoms with Gasteiger partial charge in [-0.25, -0.2) is 0 Å². The number of hydrogen-bond acceptors (Lipinski definition) is 3. The van der Waals surface area contributed by atoms with E-state index in [-0.39, 0.29) is 5.41 Å². The standard InChI is InChI=1S/C61H45NO2/c1-5-7-19-47(35-40-26-32-57-52(36-40)54-37-43-16-8-9-17-44(43)39-59(54)64-57)62(46-30-27-42(28-31-46)45-29-33-58-53(38-45)50-21-11-13-25-56(50)63-58)34-15-18-41(6-2)48-22-14-23-51-49-20-10-12-24-55(49)61(3,4)60(48)51/h5-39H,1-2H2,3-4H3/b19-7-,34-15+,41-18+,47-35-. The van der Waals surface area contributed by atoms with Gasteiger partial charge in [0.1, 0.15) is 22.3 Å². The second-order valence-electron chi connectivity index (χ2n) is 17.0. The first-order valence-corrected chi connectivity index (χ1v) is 21.8. The summed E-state index contributed by atoms with van der Waals surface area (Å²) in [6.45, 7) is 13.0.